The number of halogens is 1. The van der Waals surface area contributed by atoms with Crippen LogP contribution in [0.1, 0.15) is 27.7 Å². The average molecular weight is 397 g/mol. The molecular formula is C22H22BClO2S. The average Bonchev–Trinajstić information content (AvgIpc) is 2.96. The van der Waals surface area contributed by atoms with Crippen molar-refractivity contribution >= 4 is 66.8 Å². The summed E-state index contributed by atoms with van der Waals surface area (Å²) in [7, 11) is 0.363. The Morgan fingerprint density at radius 2 is 1.63 bits per heavy atom. The van der Waals surface area contributed by atoms with Gasteiger partial charge in [-0.15, -0.1) is 11.3 Å². The molecule has 0 amide bonds. The van der Waals surface area contributed by atoms with Crippen molar-refractivity contribution in [3.05, 3.63) is 53.6 Å². The minimum absolute atomic E-state index is 0.363. The summed E-state index contributed by atoms with van der Waals surface area (Å²) in [6.07, 6.45) is 0. The minimum Gasteiger partial charge on any atom is -0.427 e. The first kappa shape index (κ1) is 18.8. The molecule has 1 aromatic heterocycles. The molecule has 0 spiro atoms. The van der Waals surface area contributed by atoms with Crippen molar-refractivity contribution < 1.29 is 9.76 Å². The molecule has 5 heteroatoms. The number of benzene rings is 3. The lowest BCUT2D eigenvalue weighted by atomic mass is 9.82. The quantitative estimate of drug-likeness (QED) is 0.468. The molecule has 0 aliphatic heterocycles. The molecule has 0 aliphatic rings. The molecule has 2 nitrogen and oxygen atoms in total. The summed E-state index contributed by atoms with van der Waals surface area (Å²) < 4.78 is 8.34. The lowest BCUT2D eigenvalue weighted by molar-refractivity contribution is -0.0893. The van der Waals surface area contributed by atoms with E-state index in [1.54, 1.807) is 25.2 Å². The normalized spacial score (nSPS) is 13.0. The fraction of sp³-hybridized carbons (Fsp3) is 0.273. The first-order valence-corrected chi connectivity index (χ1v) is 10.3. The molecule has 0 bridgehead atoms. The van der Waals surface area contributed by atoms with Crippen LogP contribution in [0.25, 0.3) is 30.9 Å². The largest absolute Gasteiger partial charge is 0.427 e. The molecule has 0 fully saturated rings. The summed E-state index contributed by atoms with van der Waals surface area (Å²) in [5.74, 6) is 0. The molecule has 3 aromatic carbocycles. The van der Waals surface area contributed by atoms with Crippen molar-refractivity contribution in [1.29, 1.82) is 0 Å². The standard InChI is InChI=1S/C22H22BClO2S/c1-21(2,25)22(3,4)26-23-17-10-9-15-16-11-13-7-5-6-8-14(13)12-18(16)27-20(15)19(17)24/h5-12,23,25H,1-4H3. The van der Waals surface area contributed by atoms with Crippen molar-refractivity contribution in [3.8, 4) is 0 Å². The third-order valence-corrected chi connectivity index (χ3v) is 7.32. The Kier molecular flexibility index (Phi) is 4.51. The summed E-state index contributed by atoms with van der Waals surface area (Å²) in [4.78, 5) is 0. The van der Waals surface area contributed by atoms with Gasteiger partial charge in [0.2, 0.25) is 0 Å². The molecule has 1 N–H and O–H groups in total. The van der Waals surface area contributed by atoms with E-state index in [4.69, 9.17) is 16.3 Å². The maximum Gasteiger partial charge on any atom is 0.311 e. The predicted octanol–water partition coefficient (Wildman–Crippen LogP) is 5.40. The van der Waals surface area contributed by atoms with Crippen LogP contribution in [-0.2, 0) is 4.65 Å². The summed E-state index contributed by atoms with van der Waals surface area (Å²) in [6, 6.07) is 17.0. The summed E-state index contributed by atoms with van der Waals surface area (Å²) in [6.45, 7) is 7.30. The highest BCUT2D eigenvalue weighted by Gasteiger charge is 2.35. The summed E-state index contributed by atoms with van der Waals surface area (Å²) >= 11 is 8.48. The van der Waals surface area contributed by atoms with Gasteiger partial charge in [0, 0.05) is 15.5 Å². The molecule has 0 atom stereocenters. The maximum absolute atomic E-state index is 10.3. The highest BCUT2D eigenvalue weighted by Crippen LogP contribution is 2.39. The Morgan fingerprint density at radius 3 is 2.30 bits per heavy atom. The van der Waals surface area contributed by atoms with Gasteiger partial charge in [0.25, 0.3) is 0 Å². The van der Waals surface area contributed by atoms with Crippen molar-refractivity contribution in [1.82, 2.24) is 0 Å². The molecule has 0 aliphatic carbocycles. The topological polar surface area (TPSA) is 29.5 Å². The van der Waals surface area contributed by atoms with Crippen LogP contribution in [0, 0.1) is 0 Å². The molecule has 138 valence electrons. The second kappa shape index (κ2) is 6.49. The number of rotatable bonds is 4. The highest BCUT2D eigenvalue weighted by molar-refractivity contribution is 7.26. The molecule has 4 rings (SSSR count). The Balaban J connectivity index is 1.78. The molecule has 1 heterocycles. The van der Waals surface area contributed by atoms with Crippen LogP contribution in [-0.4, -0.2) is 23.8 Å². The van der Waals surface area contributed by atoms with Gasteiger partial charge >= 0.3 is 7.48 Å². The second-order valence-corrected chi connectivity index (χ2v) is 9.50. The Labute approximate surface area is 169 Å². The monoisotopic (exact) mass is 396 g/mol. The van der Waals surface area contributed by atoms with Gasteiger partial charge in [0.15, 0.2) is 0 Å². The molecule has 27 heavy (non-hydrogen) atoms. The van der Waals surface area contributed by atoms with E-state index in [1.807, 2.05) is 19.9 Å². The van der Waals surface area contributed by atoms with Gasteiger partial charge in [-0.2, -0.15) is 0 Å². The summed E-state index contributed by atoms with van der Waals surface area (Å²) in [5, 5.41) is 15.9. The van der Waals surface area contributed by atoms with Crippen LogP contribution in [0.15, 0.2) is 48.5 Å². The zero-order valence-corrected chi connectivity index (χ0v) is 17.5. The van der Waals surface area contributed by atoms with Gasteiger partial charge < -0.3 is 9.76 Å². The van der Waals surface area contributed by atoms with Gasteiger partial charge in [0.05, 0.1) is 20.9 Å². The van der Waals surface area contributed by atoms with Gasteiger partial charge in [-0.1, -0.05) is 48.0 Å². The molecule has 4 aromatic rings. The number of hydrogen-bond donors (Lipinski definition) is 1. The number of thiophene rings is 1. The summed E-state index contributed by atoms with van der Waals surface area (Å²) in [5.41, 5.74) is -0.678. The minimum atomic E-state index is -0.943. The molecule has 0 saturated carbocycles. The first-order valence-electron chi connectivity index (χ1n) is 9.06. The lowest BCUT2D eigenvalue weighted by Gasteiger charge is -2.37. The smallest absolute Gasteiger partial charge is 0.311 e. The number of aliphatic hydroxyl groups is 1. The van der Waals surface area contributed by atoms with Crippen LogP contribution in [0.5, 0.6) is 0 Å². The van der Waals surface area contributed by atoms with E-state index in [1.165, 1.54) is 26.2 Å². The Hall–Kier alpha value is -1.59. The van der Waals surface area contributed by atoms with E-state index < -0.39 is 11.2 Å². The molecular weight excluding hydrogens is 375 g/mol. The van der Waals surface area contributed by atoms with E-state index in [0.717, 1.165) is 15.2 Å². The van der Waals surface area contributed by atoms with Crippen molar-refractivity contribution in [2.24, 2.45) is 0 Å². The van der Waals surface area contributed by atoms with Gasteiger partial charge in [-0.25, -0.2) is 0 Å². The fourth-order valence-electron chi connectivity index (χ4n) is 3.08. The van der Waals surface area contributed by atoms with Crippen molar-refractivity contribution in [2.45, 2.75) is 38.9 Å². The second-order valence-electron chi connectivity index (χ2n) is 8.07. The van der Waals surface area contributed by atoms with E-state index >= 15 is 0 Å². The van der Waals surface area contributed by atoms with E-state index in [9.17, 15) is 5.11 Å². The van der Waals surface area contributed by atoms with Gasteiger partial charge in [-0.05, 0) is 56.1 Å². The lowest BCUT2D eigenvalue weighted by Crippen LogP contribution is -2.49. The number of hydrogen-bond acceptors (Lipinski definition) is 3. The number of fused-ring (bicyclic) bond motifs is 4. The molecule has 0 saturated heterocycles. The van der Waals surface area contributed by atoms with E-state index in [-0.39, 0.29) is 0 Å². The maximum atomic E-state index is 10.3. The van der Waals surface area contributed by atoms with Crippen LogP contribution in [0.3, 0.4) is 0 Å². The predicted molar refractivity (Wildman–Crippen MR) is 120 cm³/mol. The molecule has 0 unspecified atom stereocenters. The molecule has 0 radical (unpaired) electrons. The zero-order valence-electron chi connectivity index (χ0n) is 16.0. The van der Waals surface area contributed by atoms with Crippen molar-refractivity contribution in [3.63, 3.8) is 0 Å². The van der Waals surface area contributed by atoms with Crippen LogP contribution < -0.4 is 5.46 Å². The first-order chi connectivity index (χ1) is 12.7. The SMILES string of the molecule is CC(C)(O)C(C)(C)OBc1ccc2c(sc3cc4ccccc4cc32)c1Cl. The fourth-order valence-corrected chi connectivity index (χ4v) is 4.61. The van der Waals surface area contributed by atoms with Crippen LogP contribution in [0.4, 0.5) is 0 Å². The third kappa shape index (κ3) is 3.25. The van der Waals surface area contributed by atoms with Gasteiger partial charge in [-0.3, -0.25) is 0 Å². The van der Waals surface area contributed by atoms with E-state index in [0.29, 0.717) is 7.48 Å². The Bertz CT molecular complexity index is 1160. The highest BCUT2D eigenvalue weighted by atomic mass is 35.5. The van der Waals surface area contributed by atoms with Crippen LogP contribution in [0.2, 0.25) is 5.02 Å². The van der Waals surface area contributed by atoms with Crippen LogP contribution >= 0.6 is 22.9 Å². The zero-order chi connectivity index (χ0) is 19.4. The Morgan fingerprint density at radius 1 is 0.963 bits per heavy atom. The van der Waals surface area contributed by atoms with Crippen molar-refractivity contribution in [2.75, 3.05) is 0 Å². The van der Waals surface area contributed by atoms with E-state index in [2.05, 4.69) is 42.5 Å². The third-order valence-electron chi connectivity index (χ3n) is 5.59. The van der Waals surface area contributed by atoms with Gasteiger partial charge in [0.1, 0.15) is 0 Å².